The number of hydrogen-bond donors (Lipinski definition) is 0. The van der Waals surface area contributed by atoms with Crippen molar-refractivity contribution in [1.82, 2.24) is 0 Å². The highest BCUT2D eigenvalue weighted by Crippen LogP contribution is 2.84. The van der Waals surface area contributed by atoms with Gasteiger partial charge in [-0.3, -0.25) is 0 Å². The van der Waals surface area contributed by atoms with E-state index in [1.807, 2.05) is 13.8 Å². The highest BCUT2D eigenvalue weighted by molar-refractivity contribution is 5.33. The lowest BCUT2D eigenvalue weighted by molar-refractivity contribution is -0.159. The third kappa shape index (κ3) is 0.433. The van der Waals surface area contributed by atoms with E-state index >= 15 is 0 Å². The Bertz CT molecular complexity index is 216. The highest BCUT2D eigenvalue weighted by Gasteiger charge is 2.87. The summed E-state index contributed by atoms with van der Waals surface area (Å²) >= 11 is 0. The van der Waals surface area contributed by atoms with Crippen LogP contribution in [0.5, 0.6) is 0 Å². The largest absolute Gasteiger partial charge is 0.344 e. The molecule has 1 saturated heterocycles. The molecule has 4 saturated carbocycles. The van der Waals surface area contributed by atoms with Gasteiger partial charge < -0.3 is 9.47 Å². The third-order valence-electron chi connectivity index (χ3n) is 3.86. The third-order valence-corrected chi connectivity index (χ3v) is 3.86. The van der Waals surface area contributed by atoms with Gasteiger partial charge in [-0.15, -0.1) is 0 Å². The van der Waals surface area contributed by atoms with Gasteiger partial charge >= 0.3 is 0 Å². The van der Waals surface area contributed by atoms with Gasteiger partial charge in [0.05, 0.1) is 12.2 Å². The lowest BCUT2D eigenvalue weighted by Gasteiger charge is -2.19. The van der Waals surface area contributed by atoms with Gasteiger partial charge in [0.2, 0.25) is 0 Å². The molecule has 2 nitrogen and oxygen atoms in total. The first-order valence-corrected chi connectivity index (χ1v) is 4.55. The molecule has 1 aliphatic heterocycles. The summed E-state index contributed by atoms with van der Waals surface area (Å²) < 4.78 is 11.7. The first-order chi connectivity index (χ1) is 5.19. The highest BCUT2D eigenvalue weighted by atomic mass is 16.8. The molecule has 0 aromatic rings. The van der Waals surface area contributed by atoms with E-state index in [0.717, 1.165) is 23.7 Å². The van der Waals surface area contributed by atoms with Crippen molar-refractivity contribution in [3.8, 4) is 0 Å². The Morgan fingerprint density at radius 1 is 0.818 bits per heavy atom. The first-order valence-electron chi connectivity index (χ1n) is 4.55. The van der Waals surface area contributed by atoms with Crippen LogP contribution in [0.25, 0.3) is 0 Å². The zero-order valence-corrected chi connectivity index (χ0v) is 6.78. The maximum atomic E-state index is 5.83. The second-order valence-corrected chi connectivity index (χ2v) is 4.87. The standard InChI is InChI=1S/C9H12O2/c1-9(2)10-7-5-3-4(5)6(3)8(7)11-9/h3-8H,1-2H3. The first kappa shape index (κ1) is 5.55. The molecule has 60 valence electrons. The summed E-state index contributed by atoms with van der Waals surface area (Å²) in [5, 5.41) is 0. The van der Waals surface area contributed by atoms with Crippen molar-refractivity contribution in [1.29, 1.82) is 0 Å². The Morgan fingerprint density at radius 2 is 1.27 bits per heavy atom. The molecule has 0 N–H and O–H groups in total. The number of ether oxygens (including phenoxy) is 2. The van der Waals surface area contributed by atoms with Gasteiger partial charge in [-0.2, -0.15) is 0 Å². The summed E-state index contributed by atoms with van der Waals surface area (Å²) in [5.74, 6) is 3.59. The molecule has 0 amide bonds. The fourth-order valence-electron chi connectivity index (χ4n) is 3.43. The molecule has 2 bridgehead atoms. The average molecular weight is 152 g/mol. The second-order valence-electron chi connectivity index (χ2n) is 4.87. The molecule has 0 radical (unpaired) electrons. The summed E-state index contributed by atoms with van der Waals surface area (Å²) in [6.07, 6.45) is 0.954. The molecule has 2 atom stereocenters. The summed E-state index contributed by atoms with van der Waals surface area (Å²) in [6, 6.07) is 0. The number of hydrogen-bond acceptors (Lipinski definition) is 2. The van der Waals surface area contributed by atoms with Crippen LogP contribution in [0.15, 0.2) is 0 Å². The predicted molar refractivity (Wildman–Crippen MR) is 37.8 cm³/mol. The molecule has 4 aliphatic carbocycles. The molecule has 2 heteroatoms. The van der Waals surface area contributed by atoms with Crippen LogP contribution >= 0.6 is 0 Å². The molecule has 0 spiro atoms. The molecular weight excluding hydrogens is 140 g/mol. The van der Waals surface area contributed by atoms with Crippen LogP contribution in [0.4, 0.5) is 0 Å². The average Bonchev–Trinajstić information content (AvgIpc) is 2.61. The van der Waals surface area contributed by atoms with E-state index in [4.69, 9.17) is 9.47 Å². The van der Waals surface area contributed by atoms with Crippen LogP contribution in [0.1, 0.15) is 13.8 Å². The zero-order valence-electron chi connectivity index (χ0n) is 6.78. The second kappa shape index (κ2) is 1.17. The minimum atomic E-state index is -0.286. The summed E-state index contributed by atoms with van der Waals surface area (Å²) in [7, 11) is 0. The molecule has 0 aromatic heterocycles. The van der Waals surface area contributed by atoms with Gasteiger partial charge in [0, 0.05) is 0 Å². The van der Waals surface area contributed by atoms with E-state index in [1.165, 1.54) is 0 Å². The van der Waals surface area contributed by atoms with E-state index in [0.29, 0.717) is 12.2 Å². The minimum absolute atomic E-state index is 0.286. The van der Waals surface area contributed by atoms with Crippen molar-refractivity contribution in [2.24, 2.45) is 23.7 Å². The van der Waals surface area contributed by atoms with E-state index in [-0.39, 0.29) is 5.79 Å². The molecule has 11 heavy (non-hydrogen) atoms. The lowest BCUT2D eigenvalue weighted by atomic mass is 10.2. The summed E-state index contributed by atoms with van der Waals surface area (Å²) in [6.45, 7) is 4.06. The normalized spacial score (nSPS) is 72.5. The van der Waals surface area contributed by atoms with Gasteiger partial charge in [-0.1, -0.05) is 0 Å². The maximum absolute atomic E-state index is 5.83. The van der Waals surface area contributed by atoms with Crippen molar-refractivity contribution in [2.45, 2.75) is 31.8 Å². The fourth-order valence-corrected chi connectivity index (χ4v) is 3.43. The molecule has 5 fully saturated rings. The van der Waals surface area contributed by atoms with Gasteiger partial charge in [0.15, 0.2) is 5.79 Å². The van der Waals surface area contributed by atoms with Crippen LogP contribution in [0, 0.1) is 23.7 Å². The summed E-state index contributed by atoms with van der Waals surface area (Å²) in [5.41, 5.74) is 0. The molecule has 1 heterocycles. The Morgan fingerprint density at radius 3 is 1.73 bits per heavy atom. The van der Waals surface area contributed by atoms with Crippen molar-refractivity contribution in [3.63, 3.8) is 0 Å². The van der Waals surface area contributed by atoms with Gasteiger partial charge in [-0.05, 0) is 37.5 Å². The molecule has 5 aliphatic rings. The topological polar surface area (TPSA) is 18.5 Å². The molecule has 5 rings (SSSR count). The Labute approximate surface area is 65.9 Å². The van der Waals surface area contributed by atoms with E-state index in [1.54, 1.807) is 0 Å². The molecule has 0 aromatic carbocycles. The van der Waals surface area contributed by atoms with Crippen molar-refractivity contribution < 1.29 is 9.47 Å². The number of rotatable bonds is 0. The zero-order chi connectivity index (χ0) is 7.38. The van der Waals surface area contributed by atoms with Crippen LogP contribution in [0.2, 0.25) is 0 Å². The lowest BCUT2D eigenvalue weighted by Crippen LogP contribution is -2.24. The molecule has 2 unspecified atom stereocenters. The van der Waals surface area contributed by atoms with Crippen molar-refractivity contribution in [2.75, 3.05) is 0 Å². The van der Waals surface area contributed by atoms with E-state index in [2.05, 4.69) is 0 Å². The summed E-state index contributed by atoms with van der Waals surface area (Å²) in [4.78, 5) is 0. The Balaban J connectivity index is 1.72. The fraction of sp³-hybridized carbons (Fsp3) is 1.00. The van der Waals surface area contributed by atoms with Gasteiger partial charge in [-0.25, -0.2) is 0 Å². The monoisotopic (exact) mass is 152 g/mol. The van der Waals surface area contributed by atoms with Gasteiger partial charge in [0.1, 0.15) is 0 Å². The van der Waals surface area contributed by atoms with Crippen LogP contribution in [0.3, 0.4) is 0 Å². The maximum Gasteiger partial charge on any atom is 0.163 e. The predicted octanol–water partition coefficient (Wildman–Crippen LogP) is 1.01. The molecular formula is C9H12O2. The van der Waals surface area contributed by atoms with E-state index < -0.39 is 0 Å². The smallest absolute Gasteiger partial charge is 0.163 e. The minimum Gasteiger partial charge on any atom is -0.344 e. The quantitative estimate of drug-likeness (QED) is 0.516. The SMILES string of the molecule is CC1(C)OC2C(O1)C1C3C2C13. The van der Waals surface area contributed by atoms with Gasteiger partial charge in [0.25, 0.3) is 0 Å². The van der Waals surface area contributed by atoms with Crippen molar-refractivity contribution >= 4 is 0 Å². The van der Waals surface area contributed by atoms with E-state index in [9.17, 15) is 0 Å². The van der Waals surface area contributed by atoms with Crippen LogP contribution < -0.4 is 0 Å². The van der Waals surface area contributed by atoms with Crippen LogP contribution in [-0.4, -0.2) is 18.0 Å². The van der Waals surface area contributed by atoms with Crippen LogP contribution in [-0.2, 0) is 9.47 Å². The van der Waals surface area contributed by atoms with Crippen molar-refractivity contribution in [3.05, 3.63) is 0 Å². The Hall–Kier alpha value is -0.0800. The Kier molecular flexibility index (Phi) is 0.592.